The van der Waals surface area contributed by atoms with Crippen molar-refractivity contribution < 1.29 is 14.3 Å². The predicted octanol–water partition coefficient (Wildman–Crippen LogP) is 3.27. The van der Waals surface area contributed by atoms with Crippen molar-refractivity contribution in [2.24, 2.45) is 0 Å². The average molecular weight is 424 g/mol. The molecule has 2 aromatic rings. The third-order valence-electron chi connectivity index (χ3n) is 6.52. The van der Waals surface area contributed by atoms with Crippen LogP contribution < -0.4 is 9.64 Å². The first-order valence-corrected chi connectivity index (χ1v) is 11.2. The second kappa shape index (κ2) is 10.2. The van der Waals surface area contributed by atoms with Gasteiger partial charge in [-0.2, -0.15) is 0 Å². The molecule has 31 heavy (non-hydrogen) atoms. The fourth-order valence-corrected chi connectivity index (χ4v) is 4.81. The number of hydrogen-bond donors (Lipinski definition) is 0. The third kappa shape index (κ3) is 5.20. The van der Waals surface area contributed by atoms with E-state index in [0.717, 1.165) is 51.6 Å². The maximum Gasteiger partial charge on any atom is 0.337 e. The molecular weight excluding hydrogens is 390 g/mol. The van der Waals surface area contributed by atoms with Gasteiger partial charge in [0.2, 0.25) is 0 Å². The summed E-state index contributed by atoms with van der Waals surface area (Å²) in [5, 5.41) is 0. The van der Waals surface area contributed by atoms with E-state index < -0.39 is 0 Å². The van der Waals surface area contributed by atoms with Crippen LogP contribution in [0.4, 0.5) is 5.69 Å². The van der Waals surface area contributed by atoms with Gasteiger partial charge in [0.15, 0.2) is 0 Å². The van der Waals surface area contributed by atoms with Crippen molar-refractivity contribution in [1.29, 1.82) is 0 Å². The summed E-state index contributed by atoms with van der Waals surface area (Å²) in [6, 6.07) is 16.7. The molecule has 2 saturated heterocycles. The zero-order chi connectivity index (χ0) is 21.6. The van der Waals surface area contributed by atoms with Crippen molar-refractivity contribution >= 4 is 11.7 Å². The molecule has 6 nitrogen and oxygen atoms in total. The number of carbonyl (C=O) groups excluding carboxylic acids is 1. The van der Waals surface area contributed by atoms with E-state index in [1.165, 1.54) is 31.2 Å². The van der Waals surface area contributed by atoms with E-state index >= 15 is 0 Å². The highest BCUT2D eigenvalue weighted by Crippen LogP contribution is 2.29. The van der Waals surface area contributed by atoms with Gasteiger partial charge >= 0.3 is 5.97 Å². The van der Waals surface area contributed by atoms with Crippen molar-refractivity contribution in [3.8, 4) is 5.75 Å². The third-order valence-corrected chi connectivity index (χ3v) is 6.52. The van der Waals surface area contributed by atoms with Gasteiger partial charge in [-0.1, -0.05) is 24.3 Å². The number of piperazine rings is 1. The summed E-state index contributed by atoms with van der Waals surface area (Å²) in [7, 11) is 3.16. The lowest BCUT2D eigenvalue weighted by atomic mass is 10.0. The number of likely N-dealkylation sites (tertiary alicyclic amines) is 1. The quantitative estimate of drug-likeness (QED) is 0.665. The summed E-state index contributed by atoms with van der Waals surface area (Å²) in [5.74, 6) is 0.676. The van der Waals surface area contributed by atoms with Gasteiger partial charge in [0.05, 0.1) is 25.5 Å². The minimum atomic E-state index is -0.281. The van der Waals surface area contributed by atoms with Crippen LogP contribution in [0.1, 0.15) is 28.8 Å². The Balaban J connectivity index is 1.30. The molecule has 2 aliphatic heterocycles. The summed E-state index contributed by atoms with van der Waals surface area (Å²) in [6.07, 6.45) is 2.50. The fraction of sp³-hybridized carbons (Fsp3) is 0.480. The van der Waals surface area contributed by atoms with Crippen molar-refractivity contribution in [3.05, 3.63) is 59.7 Å². The van der Waals surface area contributed by atoms with Crippen molar-refractivity contribution in [2.45, 2.75) is 25.4 Å². The number of benzene rings is 2. The van der Waals surface area contributed by atoms with Crippen LogP contribution in [0, 0.1) is 0 Å². The van der Waals surface area contributed by atoms with Crippen LogP contribution in [0.2, 0.25) is 0 Å². The van der Waals surface area contributed by atoms with E-state index in [0.29, 0.717) is 11.6 Å². The van der Waals surface area contributed by atoms with Gasteiger partial charge in [0.25, 0.3) is 0 Å². The Kier molecular flexibility index (Phi) is 7.10. The number of nitrogens with zero attached hydrogens (tertiary/aromatic N) is 3. The van der Waals surface area contributed by atoms with Crippen LogP contribution in [0.15, 0.2) is 48.5 Å². The van der Waals surface area contributed by atoms with Gasteiger partial charge in [-0.05, 0) is 49.2 Å². The summed E-state index contributed by atoms with van der Waals surface area (Å²) < 4.78 is 10.3. The summed E-state index contributed by atoms with van der Waals surface area (Å²) in [6.45, 7) is 7.41. The van der Waals surface area contributed by atoms with E-state index in [9.17, 15) is 4.79 Å². The number of para-hydroxylation sites is 2. The average Bonchev–Trinajstić information content (AvgIpc) is 2.84. The Labute approximate surface area is 185 Å². The second-order valence-electron chi connectivity index (χ2n) is 8.41. The smallest absolute Gasteiger partial charge is 0.337 e. The Morgan fingerprint density at radius 3 is 2.42 bits per heavy atom. The highest BCUT2D eigenvalue weighted by molar-refractivity contribution is 5.89. The Bertz CT molecular complexity index is 863. The standard InChI is InChI=1S/C25H33N3O3/c1-30-24-8-4-3-7-23(24)28-16-14-27(15-17-28)22-6-5-13-26(19-22)18-20-9-11-21(12-10-20)25(29)31-2/h3-4,7-12,22H,5-6,13-19H2,1-2H3/t22-/m0/s1. The fourth-order valence-electron chi connectivity index (χ4n) is 4.81. The van der Waals surface area contributed by atoms with Crippen molar-refractivity contribution in [3.63, 3.8) is 0 Å². The van der Waals surface area contributed by atoms with E-state index in [1.54, 1.807) is 7.11 Å². The molecule has 0 aromatic heterocycles. The number of piperidine rings is 1. The van der Waals surface area contributed by atoms with E-state index in [1.807, 2.05) is 36.4 Å². The van der Waals surface area contributed by atoms with E-state index in [-0.39, 0.29) is 5.97 Å². The van der Waals surface area contributed by atoms with Gasteiger partial charge in [-0.3, -0.25) is 9.80 Å². The summed E-state index contributed by atoms with van der Waals surface area (Å²) in [5.41, 5.74) is 3.05. The van der Waals surface area contributed by atoms with Gasteiger partial charge in [0.1, 0.15) is 5.75 Å². The molecule has 4 rings (SSSR count). The van der Waals surface area contributed by atoms with Crippen molar-refractivity contribution in [2.75, 3.05) is 58.4 Å². The highest BCUT2D eigenvalue weighted by Gasteiger charge is 2.28. The molecule has 2 fully saturated rings. The van der Waals surface area contributed by atoms with Gasteiger partial charge in [-0.25, -0.2) is 4.79 Å². The molecule has 2 heterocycles. The lowest BCUT2D eigenvalue weighted by molar-refractivity contribution is 0.0600. The van der Waals surface area contributed by atoms with Gasteiger partial charge in [0, 0.05) is 45.3 Å². The van der Waals surface area contributed by atoms with Crippen LogP contribution in [0.5, 0.6) is 5.75 Å². The zero-order valence-electron chi connectivity index (χ0n) is 18.6. The van der Waals surface area contributed by atoms with Gasteiger partial charge < -0.3 is 14.4 Å². The number of rotatable bonds is 6. The molecule has 1 atom stereocenters. The van der Waals surface area contributed by atoms with Crippen LogP contribution in [0.25, 0.3) is 0 Å². The minimum absolute atomic E-state index is 0.281. The normalized spacial score (nSPS) is 20.5. The topological polar surface area (TPSA) is 45.2 Å². The first-order chi connectivity index (χ1) is 15.2. The van der Waals surface area contributed by atoms with Crippen molar-refractivity contribution in [1.82, 2.24) is 9.80 Å². The molecule has 2 aliphatic rings. The van der Waals surface area contributed by atoms with Crippen LogP contribution in [0.3, 0.4) is 0 Å². The molecule has 6 heteroatoms. The number of methoxy groups -OCH3 is 2. The number of carbonyl (C=O) groups is 1. The SMILES string of the molecule is COC(=O)c1ccc(CN2CCC[C@H](N3CCN(c4ccccc4OC)CC3)C2)cc1. The van der Waals surface area contributed by atoms with Gasteiger partial charge in [-0.15, -0.1) is 0 Å². The molecule has 0 spiro atoms. The summed E-state index contributed by atoms with van der Waals surface area (Å²) >= 11 is 0. The first-order valence-electron chi connectivity index (χ1n) is 11.2. The number of ether oxygens (including phenoxy) is 2. The highest BCUT2D eigenvalue weighted by atomic mass is 16.5. The monoisotopic (exact) mass is 423 g/mol. The second-order valence-corrected chi connectivity index (χ2v) is 8.41. The number of esters is 1. The minimum Gasteiger partial charge on any atom is -0.495 e. The Morgan fingerprint density at radius 2 is 1.71 bits per heavy atom. The largest absolute Gasteiger partial charge is 0.495 e. The molecule has 0 saturated carbocycles. The molecule has 0 amide bonds. The van der Waals surface area contributed by atoms with E-state index in [4.69, 9.17) is 9.47 Å². The molecule has 0 unspecified atom stereocenters. The summed E-state index contributed by atoms with van der Waals surface area (Å²) in [4.78, 5) is 19.3. The lowest BCUT2D eigenvalue weighted by Gasteiger charge is -2.44. The predicted molar refractivity (Wildman–Crippen MR) is 123 cm³/mol. The number of anilines is 1. The first kappa shape index (κ1) is 21.7. The van der Waals surface area contributed by atoms with Crippen LogP contribution >= 0.6 is 0 Å². The zero-order valence-corrected chi connectivity index (χ0v) is 18.6. The molecule has 2 aromatic carbocycles. The maximum absolute atomic E-state index is 11.6. The molecule has 0 aliphatic carbocycles. The molecule has 0 N–H and O–H groups in total. The molecule has 166 valence electrons. The Hall–Kier alpha value is -2.57. The molecular formula is C25H33N3O3. The molecule has 0 radical (unpaired) electrons. The van der Waals surface area contributed by atoms with Crippen LogP contribution in [-0.4, -0.2) is 75.3 Å². The Morgan fingerprint density at radius 1 is 0.968 bits per heavy atom. The van der Waals surface area contributed by atoms with E-state index in [2.05, 4.69) is 26.8 Å². The number of hydrogen-bond acceptors (Lipinski definition) is 6. The lowest BCUT2D eigenvalue weighted by Crippen LogP contribution is -2.55. The maximum atomic E-state index is 11.6. The molecule has 0 bridgehead atoms. The van der Waals surface area contributed by atoms with Crippen LogP contribution in [-0.2, 0) is 11.3 Å².